The van der Waals surface area contributed by atoms with Crippen LogP contribution in [-0.2, 0) is 11.3 Å². The van der Waals surface area contributed by atoms with Crippen molar-refractivity contribution in [1.82, 2.24) is 4.90 Å². The number of nitrogens with two attached hydrogens (primary N) is 1. The number of hydrogen-bond acceptors (Lipinski definition) is 5. The molecule has 0 spiro atoms. The second-order valence-electron chi connectivity index (χ2n) is 6.19. The second-order valence-corrected chi connectivity index (χ2v) is 6.19. The summed E-state index contributed by atoms with van der Waals surface area (Å²) in [5.41, 5.74) is 8.83. The molecule has 2 aliphatic rings. The largest absolute Gasteiger partial charge is 0.399 e. The van der Waals surface area contributed by atoms with E-state index in [0.717, 1.165) is 30.1 Å². The molecule has 2 N–H and O–H groups in total. The van der Waals surface area contributed by atoms with E-state index in [1.807, 2.05) is 48.7 Å². The number of benzene rings is 2. The highest BCUT2D eigenvalue weighted by Gasteiger charge is 2.36. The van der Waals surface area contributed by atoms with Gasteiger partial charge in [0.15, 0.2) is 5.84 Å². The van der Waals surface area contributed by atoms with Crippen LogP contribution in [0.3, 0.4) is 0 Å². The SMILES string of the molecule is Nc1cccc(C2=NN=C[C@@H]3C[C@@H](OCc4ccccc4)CN23)c1. The molecule has 0 unspecified atom stereocenters. The van der Waals surface area contributed by atoms with E-state index in [2.05, 4.69) is 27.2 Å². The highest BCUT2D eigenvalue weighted by Crippen LogP contribution is 2.26. The summed E-state index contributed by atoms with van der Waals surface area (Å²) >= 11 is 0. The van der Waals surface area contributed by atoms with Crippen LogP contribution in [0.1, 0.15) is 17.5 Å². The van der Waals surface area contributed by atoms with Crippen LogP contribution in [-0.4, -0.2) is 35.6 Å². The van der Waals surface area contributed by atoms with E-state index in [-0.39, 0.29) is 12.1 Å². The van der Waals surface area contributed by atoms with Crippen molar-refractivity contribution < 1.29 is 4.74 Å². The van der Waals surface area contributed by atoms with Crippen molar-refractivity contribution >= 4 is 17.7 Å². The minimum absolute atomic E-state index is 0.172. The van der Waals surface area contributed by atoms with Crippen molar-refractivity contribution in [3.63, 3.8) is 0 Å². The van der Waals surface area contributed by atoms with E-state index in [1.165, 1.54) is 5.56 Å². The summed E-state index contributed by atoms with van der Waals surface area (Å²) < 4.78 is 6.11. The topological polar surface area (TPSA) is 63.2 Å². The number of anilines is 1. The molecule has 122 valence electrons. The van der Waals surface area contributed by atoms with Gasteiger partial charge in [0.05, 0.1) is 18.8 Å². The summed E-state index contributed by atoms with van der Waals surface area (Å²) in [5.74, 6) is 0.876. The number of rotatable bonds is 4. The minimum atomic E-state index is 0.172. The fourth-order valence-electron chi connectivity index (χ4n) is 3.24. The minimum Gasteiger partial charge on any atom is -0.399 e. The Kier molecular flexibility index (Phi) is 4.01. The number of nitrogens with zero attached hydrogens (tertiary/aromatic N) is 3. The van der Waals surface area contributed by atoms with Crippen LogP contribution in [0, 0.1) is 0 Å². The normalized spacial score (nSPS) is 22.3. The lowest BCUT2D eigenvalue weighted by Crippen LogP contribution is -2.39. The Labute approximate surface area is 141 Å². The third-order valence-corrected chi connectivity index (χ3v) is 4.44. The molecule has 0 saturated carbocycles. The molecule has 24 heavy (non-hydrogen) atoms. The number of nitrogen functional groups attached to an aromatic ring is 1. The number of hydrogen-bond donors (Lipinski definition) is 1. The zero-order valence-corrected chi connectivity index (χ0v) is 13.4. The zero-order chi connectivity index (χ0) is 16.4. The van der Waals surface area contributed by atoms with Crippen LogP contribution < -0.4 is 5.73 Å². The first-order chi connectivity index (χ1) is 11.8. The van der Waals surface area contributed by atoms with E-state index in [9.17, 15) is 0 Å². The van der Waals surface area contributed by atoms with Crippen molar-refractivity contribution in [2.45, 2.75) is 25.2 Å². The molecule has 2 atom stereocenters. The number of ether oxygens (including phenoxy) is 1. The third kappa shape index (κ3) is 3.03. The summed E-state index contributed by atoms with van der Waals surface area (Å²) in [6, 6.07) is 18.3. The van der Waals surface area contributed by atoms with Gasteiger partial charge in [-0.05, 0) is 17.7 Å². The average molecular weight is 320 g/mol. The molecule has 2 aromatic rings. The lowest BCUT2D eigenvalue weighted by atomic mass is 10.1. The monoisotopic (exact) mass is 320 g/mol. The van der Waals surface area contributed by atoms with Crippen LogP contribution in [0.5, 0.6) is 0 Å². The molecule has 2 heterocycles. The molecule has 5 heteroatoms. The second kappa shape index (κ2) is 6.45. The Morgan fingerprint density at radius 1 is 1.12 bits per heavy atom. The quantitative estimate of drug-likeness (QED) is 0.881. The lowest BCUT2D eigenvalue weighted by Gasteiger charge is -2.27. The molecule has 0 amide bonds. The predicted molar refractivity (Wildman–Crippen MR) is 96.0 cm³/mol. The van der Waals surface area contributed by atoms with Gasteiger partial charge in [0, 0.05) is 30.4 Å². The molecule has 1 saturated heterocycles. The van der Waals surface area contributed by atoms with Crippen molar-refractivity contribution in [2.75, 3.05) is 12.3 Å². The summed E-state index contributed by atoms with van der Waals surface area (Å²) in [7, 11) is 0. The summed E-state index contributed by atoms with van der Waals surface area (Å²) in [5, 5.41) is 8.52. The molecule has 2 aromatic carbocycles. The van der Waals surface area contributed by atoms with Crippen LogP contribution in [0.25, 0.3) is 0 Å². The van der Waals surface area contributed by atoms with Crippen molar-refractivity contribution in [2.24, 2.45) is 10.2 Å². The average Bonchev–Trinajstić information content (AvgIpc) is 3.04. The maximum atomic E-state index is 6.11. The summed E-state index contributed by atoms with van der Waals surface area (Å²) in [6.45, 7) is 1.45. The predicted octanol–water partition coefficient (Wildman–Crippen LogP) is 2.67. The highest BCUT2D eigenvalue weighted by atomic mass is 16.5. The maximum absolute atomic E-state index is 6.11. The molecule has 0 radical (unpaired) electrons. The van der Waals surface area contributed by atoms with Crippen molar-refractivity contribution in [1.29, 1.82) is 0 Å². The fourth-order valence-corrected chi connectivity index (χ4v) is 3.24. The molecule has 4 rings (SSSR count). The van der Waals surface area contributed by atoms with Gasteiger partial charge in [-0.1, -0.05) is 42.5 Å². The third-order valence-electron chi connectivity index (χ3n) is 4.44. The summed E-state index contributed by atoms with van der Waals surface area (Å²) in [4.78, 5) is 2.26. The lowest BCUT2D eigenvalue weighted by molar-refractivity contribution is 0.0502. The van der Waals surface area contributed by atoms with Crippen molar-refractivity contribution in [3.8, 4) is 0 Å². The van der Waals surface area contributed by atoms with Crippen LogP contribution in [0.15, 0.2) is 64.8 Å². The van der Waals surface area contributed by atoms with Gasteiger partial charge < -0.3 is 15.4 Å². The van der Waals surface area contributed by atoms with Crippen LogP contribution in [0.2, 0.25) is 0 Å². The standard InChI is InChI=1S/C19H20N4O/c20-16-8-4-7-15(9-16)19-22-21-11-17-10-18(12-23(17)19)24-13-14-5-2-1-3-6-14/h1-9,11,17-18H,10,12-13,20H2/t17-,18+/m0/s1. The van der Waals surface area contributed by atoms with E-state index >= 15 is 0 Å². The Morgan fingerprint density at radius 2 is 2.00 bits per heavy atom. The molecule has 0 bridgehead atoms. The first-order valence-corrected chi connectivity index (χ1v) is 8.19. The van der Waals surface area contributed by atoms with E-state index in [0.29, 0.717) is 6.61 Å². The summed E-state index contributed by atoms with van der Waals surface area (Å²) in [6.07, 6.45) is 3.00. The zero-order valence-electron chi connectivity index (χ0n) is 13.4. The molecule has 1 fully saturated rings. The van der Waals surface area contributed by atoms with Gasteiger partial charge in [-0.15, -0.1) is 5.10 Å². The van der Waals surface area contributed by atoms with Gasteiger partial charge in [-0.3, -0.25) is 0 Å². The number of fused-ring (bicyclic) bond motifs is 1. The molecular formula is C19H20N4O. The first kappa shape index (κ1) is 14.9. The van der Waals surface area contributed by atoms with Crippen molar-refractivity contribution in [3.05, 3.63) is 65.7 Å². The smallest absolute Gasteiger partial charge is 0.159 e. The number of amidine groups is 1. The van der Waals surface area contributed by atoms with Crippen LogP contribution in [0.4, 0.5) is 5.69 Å². The van der Waals surface area contributed by atoms with Gasteiger partial charge in [-0.2, -0.15) is 5.10 Å². The van der Waals surface area contributed by atoms with E-state index < -0.39 is 0 Å². The van der Waals surface area contributed by atoms with Gasteiger partial charge in [0.1, 0.15) is 0 Å². The molecule has 5 nitrogen and oxygen atoms in total. The van der Waals surface area contributed by atoms with E-state index in [4.69, 9.17) is 10.5 Å². The molecule has 0 aliphatic carbocycles. The Morgan fingerprint density at radius 3 is 2.83 bits per heavy atom. The Hall–Kier alpha value is -2.66. The fraction of sp³-hybridized carbons (Fsp3) is 0.263. The Balaban J connectivity index is 1.46. The first-order valence-electron chi connectivity index (χ1n) is 8.19. The van der Waals surface area contributed by atoms with Gasteiger partial charge in [0.25, 0.3) is 0 Å². The van der Waals surface area contributed by atoms with Gasteiger partial charge in [-0.25, -0.2) is 0 Å². The Bertz CT molecular complexity index is 772. The van der Waals surface area contributed by atoms with E-state index in [1.54, 1.807) is 0 Å². The van der Waals surface area contributed by atoms with Gasteiger partial charge >= 0.3 is 0 Å². The molecule has 0 aromatic heterocycles. The molecule has 2 aliphatic heterocycles. The van der Waals surface area contributed by atoms with Crippen LogP contribution >= 0.6 is 0 Å². The maximum Gasteiger partial charge on any atom is 0.159 e. The highest BCUT2D eigenvalue weighted by molar-refractivity contribution is 6.02. The molecular weight excluding hydrogens is 300 g/mol. The van der Waals surface area contributed by atoms with Gasteiger partial charge in [0.2, 0.25) is 0 Å².